The van der Waals surface area contributed by atoms with Crippen LogP contribution in [-0.4, -0.2) is 21.1 Å². The number of anilines is 1. The fourth-order valence-corrected chi connectivity index (χ4v) is 3.63. The van der Waals surface area contributed by atoms with E-state index >= 15 is 0 Å². The van der Waals surface area contributed by atoms with Crippen LogP contribution in [0.5, 0.6) is 0 Å². The third-order valence-corrected chi connectivity index (χ3v) is 5.05. The van der Waals surface area contributed by atoms with Gasteiger partial charge in [0.05, 0.1) is 9.46 Å². The molecule has 0 fully saturated rings. The van der Waals surface area contributed by atoms with Crippen LogP contribution in [-0.2, 0) is 6.67 Å². The second kappa shape index (κ2) is 6.52. The summed E-state index contributed by atoms with van der Waals surface area (Å²) in [5.41, 5.74) is 1.62. The van der Waals surface area contributed by atoms with E-state index in [1.807, 2.05) is 23.1 Å². The van der Waals surface area contributed by atoms with E-state index in [1.54, 1.807) is 29.1 Å². The van der Waals surface area contributed by atoms with Crippen LogP contribution < -0.4 is 19.8 Å². The van der Waals surface area contributed by atoms with Gasteiger partial charge in [-0.1, -0.05) is 11.3 Å². The Morgan fingerprint density at radius 2 is 1.88 bits per heavy atom. The van der Waals surface area contributed by atoms with E-state index in [-0.39, 0.29) is 11.2 Å². The van der Waals surface area contributed by atoms with Crippen molar-refractivity contribution in [3.05, 3.63) is 84.2 Å². The van der Waals surface area contributed by atoms with Gasteiger partial charge in [0.2, 0.25) is 0 Å². The smallest absolute Gasteiger partial charge is 0.271 e. The Morgan fingerprint density at radius 3 is 2.58 bits per heavy atom. The van der Waals surface area contributed by atoms with E-state index in [1.165, 1.54) is 23.5 Å². The molecule has 0 atom stereocenters. The predicted molar refractivity (Wildman–Crippen MR) is 97.6 cm³/mol. The molecule has 0 spiro atoms. The number of fused-ring (bicyclic) bond motifs is 1. The summed E-state index contributed by atoms with van der Waals surface area (Å²) in [7, 11) is 0. The Morgan fingerprint density at radius 1 is 1.15 bits per heavy atom. The lowest BCUT2D eigenvalue weighted by molar-refractivity contribution is -0.384. The first-order valence-corrected chi connectivity index (χ1v) is 8.59. The number of aromatic nitrogens is 2. The number of nitrogens with zero attached hydrogens (tertiary/aromatic N) is 5. The lowest BCUT2D eigenvalue weighted by atomic mass is 10.2. The number of pyridine rings is 1. The summed E-state index contributed by atoms with van der Waals surface area (Å²) in [6, 6.07) is 9.90. The molecule has 2 aromatic heterocycles. The Hall–Kier alpha value is -3.33. The van der Waals surface area contributed by atoms with E-state index in [0.717, 1.165) is 11.3 Å². The summed E-state index contributed by atoms with van der Waals surface area (Å²) in [5, 5.41) is 10.8. The Bertz CT molecular complexity index is 1140. The largest absolute Gasteiger partial charge is 0.334 e. The van der Waals surface area contributed by atoms with Crippen LogP contribution in [0.25, 0.3) is 6.08 Å². The van der Waals surface area contributed by atoms with E-state index < -0.39 is 4.92 Å². The quantitative estimate of drug-likeness (QED) is 0.510. The van der Waals surface area contributed by atoms with Crippen molar-refractivity contribution in [2.75, 3.05) is 11.6 Å². The van der Waals surface area contributed by atoms with Crippen LogP contribution >= 0.6 is 11.3 Å². The molecule has 0 amide bonds. The first kappa shape index (κ1) is 16.2. The topological polar surface area (TPSA) is 93.6 Å². The summed E-state index contributed by atoms with van der Waals surface area (Å²) in [4.78, 5) is 34.0. The molecule has 3 aromatic rings. The van der Waals surface area contributed by atoms with Gasteiger partial charge < -0.3 is 4.90 Å². The van der Waals surface area contributed by atoms with Crippen molar-refractivity contribution >= 4 is 28.8 Å². The van der Waals surface area contributed by atoms with Crippen molar-refractivity contribution in [3.63, 3.8) is 0 Å². The number of nitro benzene ring substituents is 1. The summed E-state index contributed by atoms with van der Waals surface area (Å²) >= 11 is 1.35. The Balaban J connectivity index is 1.66. The molecule has 3 heterocycles. The molecular weight excluding hydrogens is 354 g/mol. The van der Waals surface area contributed by atoms with Gasteiger partial charge in [-0.3, -0.25) is 24.5 Å². The molecule has 0 saturated heterocycles. The molecule has 0 N–H and O–H groups in total. The normalized spacial score (nSPS) is 14.0. The lowest BCUT2D eigenvalue weighted by Gasteiger charge is -2.25. The Labute approximate surface area is 151 Å². The number of hydrogen-bond donors (Lipinski definition) is 0. The minimum absolute atomic E-state index is 0.0327. The van der Waals surface area contributed by atoms with Gasteiger partial charge in [-0.05, 0) is 35.9 Å². The molecule has 8 nitrogen and oxygen atoms in total. The second-order valence-electron chi connectivity index (χ2n) is 5.66. The molecule has 0 bridgehead atoms. The van der Waals surface area contributed by atoms with E-state index in [2.05, 4.69) is 9.98 Å². The number of hydrogen-bond acceptors (Lipinski definition) is 7. The summed E-state index contributed by atoms with van der Waals surface area (Å²) in [5.74, 6) is 0. The standard InChI is InChI=1S/C17H13N5O3S/c23-16-15(9-12-5-7-18-8-6-12)26-17-19-10-20(11-21(16)17)13-1-3-14(4-2-13)22(24)25/h1-9H,10-11H2/b15-9-. The molecule has 0 saturated carbocycles. The molecule has 26 heavy (non-hydrogen) atoms. The van der Waals surface area contributed by atoms with Crippen molar-refractivity contribution in [1.29, 1.82) is 0 Å². The third kappa shape index (κ3) is 3.00. The third-order valence-electron chi connectivity index (χ3n) is 4.01. The maximum Gasteiger partial charge on any atom is 0.271 e. The van der Waals surface area contributed by atoms with Gasteiger partial charge in [-0.25, -0.2) is 4.99 Å². The molecule has 0 aliphatic carbocycles. The number of rotatable bonds is 3. The molecular formula is C17H13N5O3S. The van der Waals surface area contributed by atoms with Gasteiger partial charge in [0.25, 0.3) is 11.2 Å². The van der Waals surface area contributed by atoms with E-state index in [9.17, 15) is 14.9 Å². The highest BCUT2D eigenvalue weighted by atomic mass is 32.1. The molecule has 4 rings (SSSR count). The van der Waals surface area contributed by atoms with Gasteiger partial charge in [0.1, 0.15) is 13.3 Å². The highest BCUT2D eigenvalue weighted by Gasteiger charge is 2.16. The molecule has 0 unspecified atom stereocenters. The van der Waals surface area contributed by atoms with Crippen molar-refractivity contribution in [2.24, 2.45) is 4.99 Å². The van der Waals surface area contributed by atoms with Crippen molar-refractivity contribution < 1.29 is 4.92 Å². The van der Waals surface area contributed by atoms with Crippen molar-refractivity contribution in [3.8, 4) is 0 Å². The van der Waals surface area contributed by atoms with Gasteiger partial charge in [0.15, 0.2) is 4.80 Å². The molecule has 1 aliphatic heterocycles. The fourth-order valence-electron chi connectivity index (χ4n) is 2.67. The van der Waals surface area contributed by atoms with Crippen molar-refractivity contribution in [1.82, 2.24) is 9.55 Å². The van der Waals surface area contributed by atoms with E-state index in [0.29, 0.717) is 22.7 Å². The second-order valence-corrected chi connectivity index (χ2v) is 6.67. The van der Waals surface area contributed by atoms with Crippen LogP contribution in [0.15, 0.2) is 58.6 Å². The first-order chi connectivity index (χ1) is 12.6. The number of thiazole rings is 1. The number of non-ortho nitro benzene ring substituents is 1. The molecule has 1 aromatic carbocycles. The average molecular weight is 367 g/mol. The van der Waals surface area contributed by atoms with Gasteiger partial charge >= 0.3 is 0 Å². The predicted octanol–water partition coefficient (Wildman–Crippen LogP) is 1.10. The molecule has 9 heteroatoms. The number of nitro groups is 1. The van der Waals surface area contributed by atoms with Crippen LogP contribution in [0, 0.1) is 10.1 Å². The fraction of sp³-hybridized carbons (Fsp3) is 0.118. The number of benzene rings is 1. The van der Waals surface area contributed by atoms with Crippen LogP contribution in [0.3, 0.4) is 0 Å². The Kier molecular flexibility index (Phi) is 4.05. The van der Waals surface area contributed by atoms with Gasteiger partial charge in [-0.2, -0.15) is 0 Å². The van der Waals surface area contributed by atoms with Gasteiger partial charge in [-0.15, -0.1) is 0 Å². The maximum absolute atomic E-state index is 12.7. The first-order valence-electron chi connectivity index (χ1n) is 7.77. The van der Waals surface area contributed by atoms with Crippen LogP contribution in [0.1, 0.15) is 5.56 Å². The zero-order chi connectivity index (χ0) is 18.1. The summed E-state index contributed by atoms with van der Waals surface area (Å²) in [6.07, 6.45) is 5.18. The lowest BCUT2D eigenvalue weighted by Crippen LogP contribution is -2.42. The summed E-state index contributed by atoms with van der Waals surface area (Å²) in [6.45, 7) is 0.753. The zero-order valence-corrected chi connectivity index (χ0v) is 14.3. The average Bonchev–Trinajstić information content (AvgIpc) is 2.98. The highest BCUT2D eigenvalue weighted by molar-refractivity contribution is 7.07. The monoisotopic (exact) mass is 367 g/mol. The highest BCUT2D eigenvalue weighted by Crippen LogP contribution is 2.20. The maximum atomic E-state index is 12.7. The minimum Gasteiger partial charge on any atom is -0.334 e. The SMILES string of the molecule is O=c1/c(=C/c2ccncc2)sc2n1CN(c1ccc([N+](=O)[O-])cc1)CN=2. The van der Waals surface area contributed by atoms with Gasteiger partial charge in [0, 0.05) is 30.2 Å². The molecule has 0 radical (unpaired) electrons. The molecule has 1 aliphatic rings. The van der Waals surface area contributed by atoms with E-state index in [4.69, 9.17) is 0 Å². The van der Waals surface area contributed by atoms with Crippen LogP contribution in [0.2, 0.25) is 0 Å². The minimum atomic E-state index is -0.437. The van der Waals surface area contributed by atoms with Crippen molar-refractivity contribution in [2.45, 2.75) is 6.67 Å². The zero-order valence-electron chi connectivity index (χ0n) is 13.5. The van der Waals surface area contributed by atoms with Crippen LogP contribution in [0.4, 0.5) is 11.4 Å². The summed E-state index contributed by atoms with van der Waals surface area (Å²) < 4.78 is 2.23. The molecule has 130 valence electrons.